The van der Waals surface area contributed by atoms with Crippen LogP contribution in [0, 0.1) is 5.82 Å². The fourth-order valence-electron chi connectivity index (χ4n) is 1.00. The first-order valence-corrected chi connectivity index (χ1v) is 5.21. The second-order valence-electron chi connectivity index (χ2n) is 2.56. The molecule has 0 aliphatic rings. The van der Waals surface area contributed by atoms with E-state index in [0.717, 1.165) is 28.6 Å². The summed E-state index contributed by atoms with van der Waals surface area (Å²) in [6.07, 6.45) is 1.85. The minimum absolute atomic E-state index is 0.174. The molecule has 0 atom stereocenters. The van der Waals surface area contributed by atoms with Crippen LogP contribution in [0.25, 0.3) is 0 Å². The molecule has 0 aliphatic carbocycles. The number of halogens is 2. The summed E-state index contributed by atoms with van der Waals surface area (Å²) in [6.45, 7) is 0. The highest BCUT2D eigenvalue weighted by atomic mass is 79.9. The Kier molecular flexibility index (Phi) is 4.09. The number of hydrogen-bond acceptors (Lipinski definition) is 1. The van der Waals surface area contributed by atoms with Crippen LogP contribution in [0.2, 0.25) is 0 Å². The third-order valence-electron chi connectivity index (χ3n) is 1.61. The highest BCUT2D eigenvalue weighted by Crippen LogP contribution is 2.19. The van der Waals surface area contributed by atoms with E-state index in [1.165, 1.54) is 6.07 Å². The average Bonchev–Trinajstić information content (AvgIpc) is 2.07. The Morgan fingerprint density at radius 2 is 2.17 bits per heavy atom. The van der Waals surface area contributed by atoms with Crippen LogP contribution < -0.4 is 0 Å². The van der Waals surface area contributed by atoms with Crippen molar-refractivity contribution in [3.8, 4) is 0 Å². The Labute approximate surface area is 85.7 Å². The molecule has 1 aromatic rings. The molecule has 0 unspecified atom stereocenters. The third kappa shape index (κ3) is 2.79. The SMILES string of the molecule is Fc1ccc(Br)c(CCCS)c1. The predicted molar refractivity (Wildman–Crippen MR) is 56.3 cm³/mol. The quantitative estimate of drug-likeness (QED) is 0.779. The summed E-state index contributed by atoms with van der Waals surface area (Å²) in [5.74, 6) is 0.663. The molecule has 0 aliphatic heterocycles. The molecule has 0 N–H and O–H groups in total. The van der Waals surface area contributed by atoms with Gasteiger partial charge in [-0.15, -0.1) is 0 Å². The molecule has 66 valence electrons. The molecule has 12 heavy (non-hydrogen) atoms. The lowest BCUT2D eigenvalue weighted by atomic mass is 10.1. The normalized spacial score (nSPS) is 10.2. The topological polar surface area (TPSA) is 0 Å². The van der Waals surface area contributed by atoms with Gasteiger partial charge < -0.3 is 0 Å². The Morgan fingerprint density at radius 1 is 1.42 bits per heavy atom. The van der Waals surface area contributed by atoms with Gasteiger partial charge in [0.1, 0.15) is 5.82 Å². The van der Waals surface area contributed by atoms with E-state index in [0.29, 0.717) is 0 Å². The van der Waals surface area contributed by atoms with Gasteiger partial charge in [0.05, 0.1) is 0 Å². The van der Waals surface area contributed by atoms with Gasteiger partial charge in [0, 0.05) is 4.47 Å². The zero-order valence-electron chi connectivity index (χ0n) is 6.56. The van der Waals surface area contributed by atoms with Crippen LogP contribution in [-0.2, 0) is 6.42 Å². The number of rotatable bonds is 3. The Hall–Kier alpha value is -0.0200. The summed E-state index contributed by atoms with van der Waals surface area (Å²) < 4.78 is 13.7. The van der Waals surface area contributed by atoms with E-state index in [-0.39, 0.29) is 5.82 Å². The summed E-state index contributed by atoms with van der Waals surface area (Å²) in [5, 5.41) is 0. The van der Waals surface area contributed by atoms with Crippen LogP contribution in [0.3, 0.4) is 0 Å². The molecule has 0 heterocycles. The van der Waals surface area contributed by atoms with Crippen LogP contribution in [0.4, 0.5) is 4.39 Å². The van der Waals surface area contributed by atoms with Crippen molar-refractivity contribution >= 4 is 28.6 Å². The average molecular weight is 249 g/mol. The molecule has 0 fully saturated rings. The van der Waals surface area contributed by atoms with Crippen molar-refractivity contribution in [1.82, 2.24) is 0 Å². The number of aryl methyl sites for hydroxylation is 1. The number of benzene rings is 1. The van der Waals surface area contributed by atoms with E-state index < -0.39 is 0 Å². The van der Waals surface area contributed by atoms with E-state index in [2.05, 4.69) is 28.6 Å². The maximum Gasteiger partial charge on any atom is 0.123 e. The molecule has 1 aromatic carbocycles. The van der Waals surface area contributed by atoms with Gasteiger partial charge in [0.15, 0.2) is 0 Å². The zero-order chi connectivity index (χ0) is 8.97. The van der Waals surface area contributed by atoms with Crippen LogP contribution in [0.15, 0.2) is 22.7 Å². The molecular weight excluding hydrogens is 239 g/mol. The van der Waals surface area contributed by atoms with Gasteiger partial charge in [0.2, 0.25) is 0 Å². The second kappa shape index (κ2) is 4.87. The van der Waals surface area contributed by atoms with Crippen molar-refractivity contribution in [2.75, 3.05) is 5.75 Å². The first-order chi connectivity index (χ1) is 5.74. The lowest BCUT2D eigenvalue weighted by molar-refractivity contribution is 0.624. The van der Waals surface area contributed by atoms with Gasteiger partial charge in [-0.05, 0) is 42.4 Å². The van der Waals surface area contributed by atoms with Gasteiger partial charge in [-0.1, -0.05) is 15.9 Å². The summed E-state index contributed by atoms with van der Waals surface area (Å²) >= 11 is 7.47. The summed E-state index contributed by atoms with van der Waals surface area (Å²) in [5.41, 5.74) is 1.02. The highest BCUT2D eigenvalue weighted by molar-refractivity contribution is 9.10. The number of hydrogen-bond donors (Lipinski definition) is 1. The fourth-order valence-corrected chi connectivity index (χ4v) is 1.61. The molecule has 0 saturated heterocycles. The van der Waals surface area contributed by atoms with Crippen LogP contribution in [0.5, 0.6) is 0 Å². The molecule has 0 bridgehead atoms. The zero-order valence-corrected chi connectivity index (χ0v) is 9.04. The molecule has 0 radical (unpaired) electrons. The fraction of sp³-hybridized carbons (Fsp3) is 0.333. The highest BCUT2D eigenvalue weighted by Gasteiger charge is 2.00. The maximum absolute atomic E-state index is 12.7. The van der Waals surface area contributed by atoms with E-state index in [1.54, 1.807) is 12.1 Å². The van der Waals surface area contributed by atoms with Gasteiger partial charge in [-0.3, -0.25) is 0 Å². The molecule has 0 aromatic heterocycles. The van der Waals surface area contributed by atoms with Crippen molar-refractivity contribution < 1.29 is 4.39 Å². The smallest absolute Gasteiger partial charge is 0.123 e. The summed E-state index contributed by atoms with van der Waals surface area (Å²) in [6, 6.07) is 4.75. The Morgan fingerprint density at radius 3 is 2.83 bits per heavy atom. The monoisotopic (exact) mass is 248 g/mol. The standard InChI is InChI=1S/C9H10BrFS/c10-9-4-3-8(11)6-7(9)2-1-5-12/h3-4,6,12H,1-2,5H2. The van der Waals surface area contributed by atoms with Gasteiger partial charge in [-0.25, -0.2) is 4.39 Å². The van der Waals surface area contributed by atoms with E-state index in [9.17, 15) is 4.39 Å². The van der Waals surface area contributed by atoms with E-state index in [4.69, 9.17) is 0 Å². The summed E-state index contributed by atoms with van der Waals surface area (Å²) in [4.78, 5) is 0. The van der Waals surface area contributed by atoms with Crippen molar-refractivity contribution in [3.05, 3.63) is 34.1 Å². The molecule has 3 heteroatoms. The van der Waals surface area contributed by atoms with Gasteiger partial charge in [0.25, 0.3) is 0 Å². The van der Waals surface area contributed by atoms with Crippen LogP contribution >= 0.6 is 28.6 Å². The first-order valence-electron chi connectivity index (χ1n) is 3.79. The number of thiol groups is 1. The summed E-state index contributed by atoms with van der Waals surface area (Å²) in [7, 11) is 0. The third-order valence-corrected chi connectivity index (χ3v) is 2.70. The van der Waals surface area contributed by atoms with E-state index >= 15 is 0 Å². The maximum atomic E-state index is 12.7. The lowest BCUT2D eigenvalue weighted by Gasteiger charge is -2.02. The molecule has 0 spiro atoms. The largest absolute Gasteiger partial charge is 0.207 e. The lowest BCUT2D eigenvalue weighted by Crippen LogP contribution is -1.89. The van der Waals surface area contributed by atoms with Crippen LogP contribution in [-0.4, -0.2) is 5.75 Å². The van der Waals surface area contributed by atoms with Crippen molar-refractivity contribution in [2.45, 2.75) is 12.8 Å². The van der Waals surface area contributed by atoms with E-state index in [1.807, 2.05) is 0 Å². The second-order valence-corrected chi connectivity index (χ2v) is 3.86. The Bertz CT molecular complexity index is 263. The minimum atomic E-state index is -0.174. The molecule has 0 amide bonds. The van der Waals surface area contributed by atoms with Crippen molar-refractivity contribution in [3.63, 3.8) is 0 Å². The minimum Gasteiger partial charge on any atom is -0.207 e. The first kappa shape index (κ1) is 10.1. The molecule has 1 rings (SSSR count). The van der Waals surface area contributed by atoms with Gasteiger partial charge >= 0.3 is 0 Å². The van der Waals surface area contributed by atoms with Crippen LogP contribution in [0.1, 0.15) is 12.0 Å². The van der Waals surface area contributed by atoms with Crippen molar-refractivity contribution in [2.24, 2.45) is 0 Å². The molecular formula is C9H10BrFS. The molecule has 0 saturated carbocycles. The van der Waals surface area contributed by atoms with Gasteiger partial charge in [-0.2, -0.15) is 12.6 Å². The predicted octanol–water partition coefficient (Wildman–Crippen LogP) is 3.45. The van der Waals surface area contributed by atoms with Crippen molar-refractivity contribution in [1.29, 1.82) is 0 Å². The molecule has 0 nitrogen and oxygen atoms in total. The Balaban J connectivity index is 2.75.